The van der Waals surface area contributed by atoms with E-state index in [0.717, 1.165) is 0 Å². The van der Waals surface area contributed by atoms with E-state index < -0.39 is 47.2 Å². The minimum Gasteiger partial charge on any atom is -0.454 e. The molecule has 0 saturated carbocycles. The second-order valence-electron chi connectivity index (χ2n) is 8.82. The van der Waals surface area contributed by atoms with Crippen molar-refractivity contribution in [3.63, 3.8) is 0 Å². The number of rotatable bonds is 3. The highest BCUT2D eigenvalue weighted by atomic mass is 35.5. The van der Waals surface area contributed by atoms with Gasteiger partial charge in [0, 0.05) is 22.3 Å². The fourth-order valence-corrected chi connectivity index (χ4v) is 5.73. The van der Waals surface area contributed by atoms with Crippen molar-refractivity contribution in [3.8, 4) is 11.5 Å². The van der Waals surface area contributed by atoms with Crippen LogP contribution >= 0.6 is 11.6 Å². The molecule has 10 heteroatoms. The van der Waals surface area contributed by atoms with E-state index in [4.69, 9.17) is 21.1 Å². The second-order valence-corrected chi connectivity index (χ2v) is 9.25. The van der Waals surface area contributed by atoms with E-state index >= 15 is 0 Å². The summed E-state index contributed by atoms with van der Waals surface area (Å²) >= 11 is 6.22. The Bertz CT molecular complexity index is 1230. The Morgan fingerprint density at radius 3 is 2.73 bits per heavy atom. The quantitative estimate of drug-likeness (QED) is 0.581. The lowest BCUT2D eigenvalue weighted by Crippen LogP contribution is -2.54. The molecule has 0 aliphatic carbocycles. The maximum absolute atomic E-state index is 13.7. The molecule has 170 valence electrons. The fourth-order valence-electron chi connectivity index (χ4n) is 5.56. The number of aliphatic hydroxyl groups is 1. The van der Waals surface area contributed by atoms with Crippen LogP contribution in [-0.4, -0.2) is 46.7 Å². The van der Waals surface area contributed by atoms with E-state index in [0.29, 0.717) is 33.3 Å². The molecular formula is C23H20ClN3O6. The highest BCUT2D eigenvalue weighted by Gasteiger charge is 2.71. The molecule has 5 atom stereocenters. The first kappa shape index (κ1) is 20.5. The summed E-state index contributed by atoms with van der Waals surface area (Å²) in [7, 11) is 0. The molecule has 2 saturated heterocycles. The van der Waals surface area contributed by atoms with Gasteiger partial charge in [-0.2, -0.15) is 0 Å². The highest BCUT2D eigenvalue weighted by molar-refractivity contribution is 6.31. The van der Waals surface area contributed by atoms with Gasteiger partial charge in [0.15, 0.2) is 11.5 Å². The summed E-state index contributed by atoms with van der Waals surface area (Å²) in [5.74, 6) is -2.11. The summed E-state index contributed by atoms with van der Waals surface area (Å²) in [6.45, 7) is 1.68. The molecule has 0 radical (unpaired) electrons. The zero-order valence-corrected chi connectivity index (χ0v) is 18.3. The molecule has 3 N–H and O–H groups in total. The predicted molar refractivity (Wildman–Crippen MR) is 115 cm³/mol. The SMILES string of the molecule is C[C@@H](O)[C@@H]1N[C@]2(C(=O)Nc3ccc(Cl)cc32)[C@@H]2C(=O)N(Cc3ccc4c(c3)OCO4)C(=O)[C@@H]12. The first-order chi connectivity index (χ1) is 15.8. The summed E-state index contributed by atoms with van der Waals surface area (Å²) in [6, 6.07) is 9.38. The molecular weight excluding hydrogens is 450 g/mol. The van der Waals surface area contributed by atoms with Gasteiger partial charge >= 0.3 is 0 Å². The van der Waals surface area contributed by atoms with Crippen molar-refractivity contribution in [1.29, 1.82) is 0 Å². The van der Waals surface area contributed by atoms with E-state index in [9.17, 15) is 19.5 Å². The number of carbonyl (C=O) groups excluding carboxylic acids is 3. The Morgan fingerprint density at radius 2 is 1.94 bits per heavy atom. The molecule has 0 unspecified atom stereocenters. The highest BCUT2D eigenvalue weighted by Crippen LogP contribution is 2.54. The number of nitrogens with zero attached hydrogens (tertiary/aromatic N) is 1. The first-order valence-corrected chi connectivity index (χ1v) is 11.0. The van der Waals surface area contributed by atoms with Gasteiger partial charge < -0.3 is 19.9 Å². The number of nitrogens with one attached hydrogen (secondary N) is 2. The lowest BCUT2D eigenvalue weighted by molar-refractivity contribution is -0.143. The summed E-state index contributed by atoms with van der Waals surface area (Å²) < 4.78 is 10.7. The number of ether oxygens (including phenoxy) is 2. The molecule has 9 nitrogen and oxygen atoms in total. The van der Waals surface area contributed by atoms with Gasteiger partial charge in [0.25, 0.3) is 0 Å². The molecule has 33 heavy (non-hydrogen) atoms. The molecule has 4 heterocycles. The van der Waals surface area contributed by atoms with Crippen LogP contribution in [0.5, 0.6) is 11.5 Å². The average Bonchev–Trinajstić information content (AvgIpc) is 3.51. The summed E-state index contributed by atoms with van der Waals surface area (Å²) in [5.41, 5.74) is 0.222. The van der Waals surface area contributed by atoms with Crippen LogP contribution in [0.15, 0.2) is 36.4 Å². The zero-order chi connectivity index (χ0) is 23.1. The summed E-state index contributed by atoms with van der Waals surface area (Å²) in [6.07, 6.45) is -0.977. The molecule has 6 rings (SSSR count). The summed E-state index contributed by atoms with van der Waals surface area (Å²) in [5, 5.41) is 16.8. The van der Waals surface area contributed by atoms with E-state index in [1.54, 1.807) is 36.4 Å². The largest absolute Gasteiger partial charge is 0.454 e. The number of benzene rings is 2. The molecule has 4 aliphatic heterocycles. The van der Waals surface area contributed by atoms with Gasteiger partial charge in [-0.3, -0.25) is 24.6 Å². The molecule has 3 amide bonds. The Labute approximate surface area is 193 Å². The Kier molecular flexibility index (Phi) is 4.30. The van der Waals surface area contributed by atoms with Crippen molar-refractivity contribution in [2.75, 3.05) is 12.1 Å². The normalized spacial score (nSPS) is 30.1. The average molecular weight is 470 g/mol. The number of anilines is 1. The number of imide groups is 1. The smallest absolute Gasteiger partial charge is 0.250 e. The third-order valence-corrected chi connectivity index (χ3v) is 7.24. The molecule has 2 aromatic carbocycles. The van der Waals surface area contributed by atoms with Crippen molar-refractivity contribution >= 4 is 35.0 Å². The van der Waals surface area contributed by atoms with Gasteiger partial charge in [0.05, 0.1) is 24.5 Å². The van der Waals surface area contributed by atoms with E-state index in [-0.39, 0.29) is 13.3 Å². The van der Waals surface area contributed by atoms with Gasteiger partial charge in [0.1, 0.15) is 5.54 Å². The van der Waals surface area contributed by atoms with Gasteiger partial charge in [-0.15, -0.1) is 0 Å². The third kappa shape index (κ3) is 2.70. The van der Waals surface area contributed by atoms with Crippen molar-refractivity contribution < 1.29 is 29.0 Å². The molecule has 2 aromatic rings. The lowest BCUT2D eigenvalue weighted by atomic mass is 9.76. The van der Waals surface area contributed by atoms with Crippen LogP contribution in [0.1, 0.15) is 18.1 Å². The van der Waals surface area contributed by atoms with E-state index in [1.165, 1.54) is 11.8 Å². The van der Waals surface area contributed by atoms with Crippen LogP contribution in [0.4, 0.5) is 5.69 Å². The van der Waals surface area contributed by atoms with Gasteiger partial charge in [-0.25, -0.2) is 0 Å². The molecule has 0 aromatic heterocycles. The lowest BCUT2D eigenvalue weighted by Gasteiger charge is -2.30. The number of likely N-dealkylation sites (tertiary alicyclic amines) is 1. The Hall–Kier alpha value is -3.14. The molecule has 0 bridgehead atoms. The number of carbonyl (C=O) groups is 3. The van der Waals surface area contributed by atoms with Crippen molar-refractivity contribution in [1.82, 2.24) is 10.2 Å². The van der Waals surface area contributed by atoms with Crippen molar-refractivity contribution in [3.05, 3.63) is 52.5 Å². The maximum Gasteiger partial charge on any atom is 0.250 e. The number of hydrogen-bond acceptors (Lipinski definition) is 7. The topological polar surface area (TPSA) is 117 Å². The second kappa shape index (κ2) is 6.93. The van der Waals surface area contributed by atoms with Gasteiger partial charge in [-0.05, 0) is 42.8 Å². The number of aliphatic hydroxyl groups excluding tert-OH is 1. The summed E-state index contributed by atoms with van der Waals surface area (Å²) in [4.78, 5) is 41.7. The van der Waals surface area contributed by atoms with Crippen LogP contribution in [0, 0.1) is 11.8 Å². The number of fused-ring (bicyclic) bond motifs is 5. The first-order valence-electron chi connectivity index (χ1n) is 10.6. The molecule has 4 aliphatic rings. The zero-order valence-electron chi connectivity index (χ0n) is 17.5. The standard InChI is InChI=1S/C23H20ClN3O6/c1-10(28)19-17-18(23(26-19)13-7-12(24)3-4-14(13)25-22(23)31)21(30)27(20(17)29)8-11-2-5-15-16(6-11)33-9-32-15/h2-7,10,17-19,26,28H,8-9H2,1H3,(H,25,31)/t10-,17-,18+,19+,23+/m1/s1. The molecule has 1 spiro atoms. The van der Waals surface area contributed by atoms with E-state index in [1.807, 2.05) is 0 Å². The minimum absolute atomic E-state index is 0.0218. The van der Waals surface area contributed by atoms with Crippen molar-refractivity contribution in [2.45, 2.75) is 31.2 Å². The number of amides is 3. The van der Waals surface area contributed by atoms with Crippen LogP contribution in [0.25, 0.3) is 0 Å². The van der Waals surface area contributed by atoms with E-state index in [2.05, 4.69) is 10.6 Å². The van der Waals surface area contributed by atoms with Gasteiger partial charge in [-0.1, -0.05) is 17.7 Å². The number of hydrogen-bond donors (Lipinski definition) is 3. The maximum atomic E-state index is 13.7. The Morgan fingerprint density at radius 1 is 1.15 bits per heavy atom. The third-order valence-electron chi connectivity index (χ3n) is 7.00. The van der Waals surface area contributed by atoms with Crippen LogP contribution < -0.4 is 20.1 Å². The minimum atomic E-state index is -1.50. The monoisotopic (exact) mass is 469 g/mol. The van der Waals surface area contributed by atoms with Crippen LogP contribution in [-0.2, 0) is 26.5 Å². The van der Waals surface area contributed by atoms with Crippen LogP contribution in [0.2, 0.25) is 5.02 Å². The predicted octanol–water partition coefficient (Wildman–Crippen LogP) is 1.37. The van der Waals surface area contributed by atoms with Crippen molar-refractivity contribution in [2.24, 2.45) is 11.8 Å². The fraction of sp³-hybridized carbons (Fsp3) is 0.348. The number of halogens is 1. The van der Waals surface area contributed by atoms with Crippen LogP contribution in [0.3, 0.4) is 0 Å². The Balaban J connectivity index is 1.42. The van der Waals surface area contributed by atoms with Gasteiger partial charge in [0.2, 0.25) is 24.5 Å². The molecule has 2 fully saturated rings.